The van der Waals surface area contributed by atoms with Crippen molar-refractivity contribution in [2.24, 2.45) is 0 Å². The molecule has 0 aliphatic rings. The van der Waals surface area contributed by atoms with Crippen LogP contribution < -0.4 is 10.2 Å². The molecule has 0 aromatic rings. The van der Waals surface area contributed by atoms with Gasteiger partial charge in [0.2, 0.25) is 5.91 Å². The van der Waals surface area contributed by atoms with E-state index in [2.05, 4.69) is 50.4 Å². The average Bonchev–Trinajstić information content (AvgIpc) is 3.36. The lowest BCUT2D eigenvalue weighted by molar-refractivity contribution is -0.870. The summed E-state index contributed by atoms with van der Waals surface area (Å²) >= 11 is 0. The summed E-state index contributed by atoms with van der Waals surface area (Å²) in [6.45, 7) is 6.65. The number of unbranched alkanes of at least 4 members (excludes halogenated alkanes) is 28. The molecule has 1 N–H and O–H groups in total. The van der Waals surface area contributed by atoms with Crippen molar-refractivity contribution < 1.29 is 37.3 Å². The van der Waals surface area contributed by atoms with Crippen molar-refractivity contribution in [1.82, 2.24) is 5.32 Å². The van der Waals surface area contributed by atoms with E-state index in [-0.39, 0.29) is 31.3 Å². The third-order valence-electron chi connectivity index (χ3n) is 12.9. The van der Waals surface area contributed by atoms with Gasteiger partial charge in [-0.15, -0.1) is 0 Å². The van der Waals surface area contributed by atoms with Gasteiger partial charge in [0.15, 0.2) is 0 Å². The molecule has 0 heterocycles. The van der Waals surface area contributed by atoms with Gasteiger partial charge in [-0.2, -0.15) is 0 Å². The maximum Gasteiger partial charge on any atom is 0.306 e. The standard InChI is InChI=1S/C64H113N2O7P/c1-7-10-13-16-19-22-25-28-30-32-33-35-37-39-42-45-48-51-54-57-64(68)73-62(55-52-49-46-43-40-27-24-21-18-15-12-9-3)61(60-72-74(69,70)71-59-58-66(4,5)6)65-63(67)56-53-50-47-44-41-38-36-34-31-29-26-23-20-17-14-11-8-2/h11,14,17,20,23,26,28-31,34,36,38,41,52,55,61-62H,7-10,12-13,15-16,18-19,21-22,24-25,27,32-33,35,37,39-40,42-51,53-54,56-60H2,1-6H3,(H-,65,67,69,70)/b14-11-,20-17+,26-23+,30-28+,31-29-,36-34+,41-38+,55-52+. The number of allylic oxidation sites excluding steroid dienone is 15. The molecule has 0 aromatic carbocycles. The topological polar surface area (TPSA) is 114 Å². The quantitative estimate of drug-likeness (QED) is 0.0161. The third kappa shape index (κ3) is 53.7. The van der Waals surface area contributed by atoms with Crippen LogP contribution in [0, 0.1) is 0 Å². The predicted octanol–water partition coefficient (Wildman–Crippen LogP) is 17.8. The van der Waals surface area contributed by atoms with Gasteiger partial charge in [0, 0.05) is 12.8 Å². The third-order valence-corrected chi connectivity index (χ3v) is 13.9. The van der Waals surface area contributed by atoms with Crippen LogP contribution in [0.15, 0.2) is 97.2 Å². The molecule has 10 heteroatoms. The number of nitrogens with zero attached hydrogens (tertiary/aromatic N) is 1. The van der Waals surface area contributed by atoms with Crippen LogP contribution >= 0.6 is 7.82 Å². The number of amides is 1. The van der Waals surface area contributed by atoms with E-state index in [1.54, 1.807) is 0 Å². The van der Waals surface area contributed by atoms with Crippen LogP contribution in [0.3, 0.4) is 0 Å². The van der Waals surface area contributed by atoms with Crippen molar-refractivity contribution in [2.45, 2.75) is 258 Å². The molecule has 0 rings (SSSR count). The first-order valence-corrected chi connectivity index (χ1v) is 31.6. The van der Waals surface area contributed by atoms with E-state index in [9.17, 15) is 19.0 Å². The van der Waals surface area contributed by atoms with Crippen LogP contribution in [0.4, 0.5) is 0 Å². The number of likely N-dealkylation sites (N-methyl/N-ethyl adjacent to an activating group) is 1. The summed E-state index contributed by atoms with van der Waals surface area (Å²) in [7, 11) is 1.14. The minimum Gasteiger partial charge on any atom is -0.756 e. The van der Waals surface area contributed by atoms with Gasteiger partial charge < -0.3 is 28.5 Å². The Morgan fingerprint density at radius 3 is 1.35 bits per heavy atom. The summed E-state index contributed by atoms with van der Waals surface area (Å²) in [4.78, 5) is 39.9. The number of carbonyl (C=O) groups excluding carboxylic acids is 2. The smallest absolute Gasteiger partial charge is 0.306 e. The number of carbonyl (C=O) groups is 2. The van der Waals surface area contributed by atoms with Crippen LogP contribution in [0.25, 0.3) is 0 Å². The van der Waals surface area contributed by atoms with Gasteiger partial charge in [0.05, 0.1) is 33.8 Å². The van der Waals surface area contributed by atoms with Crippen LogP contribution in [0.1, 0.15) is 245 Å². The Bertz CT molecular complexity index is 1590. The number of esters is 1. The lowest BCUT2D eigenvalue weighted by Crippen LogP contribution is -2.47. The van der Waals surface area contributed by atoms with Crippen LogP contribution in [0.5, 0.6) is 0 Å². The molecule has 0 spiro atoms. The SMILES string of the molecule is CC\C=C/C=C/C=C/C=C\C=C\C=C\CCCCCC(=O)NC(COP(=O)([O-])OCC[N+](C)(C)C)C(/C=C/CCCCCCCCCCCC)OC(=O)CCCCCCCCCCC/C=C/CCCCCCCC. The number of ether oxygens (including phenoxy) is 1. The fourth-order valence-corrected chi connectivity index (χ4v) is 8.98. The minimum absolute atomic E-state index is 0.0362. The van der Waals surface area contributed by atoms with Crippen LogP contribution in [-0.2, 0) is 27.9 Å². The average molecular weight is 1050 g/mol. The number of rotatable bonds is 53. The molecule has 9 nitrogen and oxygen atoms in total. The van der Waals surface area contributed by atoms with Crippen molar-refractivity contribution in [1.29, 1.82) is 0 Å². The molecule has 1 amide bonds. The fraction of sp³-hybridized carbons (Fsp3) is 0.719. The summed E-state index contributed by atoms with van der Waals surface area (Å²) in [5.74, 6) is -0.597. The number of quaternary nitrogens is 1. The molecule has 74 heavy (non-hydrogen) atoms. The number of hydrogen-bond donors (Lipinski definition) is 1. The van der Waals surface area contributed by atoms with E-state index >= 15 is 0 Å². The summed E-state index contributed by atoms with van der Waals surface area (Å²) in [6.07, 6.45) is 70.9. The monoisotopic (exact) mass is 1050 g/mol. The second-order valence-corrected chi connectivity index (χ2v) is 22.7. The van der Waals surface area contributed by atoms with E-state index < -0.39 is 26.6 Å². The summed E-state index contributed by atoms with van der Waals surface area (Å²) < 4.78 is 30.2. The summed E-state index contributed by atoms with van der Waals surface area (Å²) in [5.41, 5.74) is 0. The number of phosphoric acid groups is 1. The maximum atomic E-state index is 13.5. The first-order chi connectivity index (χ1) is 35.9. The zero-order chi connectivity index (χ0) is 54.3. The molecule has 0 fully saturated rings. The highest BCUT2D eigenvalue weighted by Crippen LogP contribution is 2.38. The zero-order valence-corrected chi connectivity index (χ0v) is 49.4. The molecule has 0 bridgehead atoms. The molecule has 426 valence electrons. The minimum atomic E-state index is -4.71. The van der Waals surface area contributed by atoms with Gasteiger partial charge in [0.25, 0.3) is 7.82 Å². The van der Waals surface area contributed by atoms with Crippen molar-refractivity contribution in [2.75, 3.05) is 40.9 Å². The highest BCUT2D eigenvalue weighted by atomic mass is 31.2. The zero-order valence-electron chi connectivity index (χ0n) is 48.5. The number of nitrogens with one attached hydrogen (secondary N) is 1. The highest BCUT2D eigenvalue weighted by Gasteiger charge is 2.27. The van der Waals surface area contributed by atoms with E-state index in [1.165, 1.54) is 135 Å². The van der Waals surface area contributed by atoms with Crippen molar-refractivity contribution in [3.8, 4) is 0 Å². The molecular weight excluding hydrogens is 940 g/mol. The van der Waals surface area contributed by atoms with E-state index in [0.717, 1.165) is 70.6 Å². The fourth-order valence-electron chi connectivity index (χ4n) is 8.25. The molecule has 0 aliphatic heterocycles. The van der Waals surface area contributed by atoms with Gasteiger partial charge in [-0.3, -0.25) is 14.2 Å². The Labute approximate surface area is 456 Å². The van der Waals surface area contributed by atoms with Crippen LogP contribution in [0.2, 0.25) is 0 Å². The number of phosphoric ester groups is 1. The maximum absolute atomic E-state index is 13.5. The van der Waals surface area contributed by atoms with Gasteiger partial charge in [0.1, 0.15) is 19.3 Å². The normalized spacial score (nSPS) is 14.4. The Balaban J connectivity index is 5.37. The molecule has 0 saturated carbocycles. The van der Waals surface area contributed by atoms with Crippen molar-refractivity contribution in [3.05, 3.63) is 97.2 Å². The lowest BCUT2D eigenvalue weighted by atomic mass is 10.0. The molecule has 3 unspecified atom stereocenters. The Morgan fingerprint density at radius 1 is 0.486 bits per heavy atom. The van der Waals surface area contributed by atoms with Crippen LogP contribution in [-0.4, -0.2) is 69.4 Å². The van der Waals surface area contributed by atoms with E-state index in [0.29, 0.717) is 17.4 Å². The first kappa shape index (κ1) is 70.9. The van der Waals surface area contributed by atoms with Gasteiger partial charge in [-0.1, -0.05) is 253 Å². The van der Waals surface area contributed by atoms with Gasteiger partial charge in [-0.05, 0) is 76.7 Å². The molecule has 3 atom stereocenters. The van der Waals surface area contributed by atoms with E-state index in [4.69, 9.17) is 13.8 Å². The molecule has 0 radical (unpaired) electrons. The number of hydrogen-bond acceptors (Lipinski definition) is 7. The molecule has 0 aromatic heterocycles. The van der Waals surface area contributed by atoms with Gasteiger partial charge in [-0.25, -0.2) is 0 Å². The van der Waals surface area contributed by atoms with Crippen molar-refractivity contribution in [3.63, 3.8) is 0 Å². The van der Waals surface area contributed by atoms with Crippen molar-refractivity contribution >= 4 is 19.7 Å². The molecule has 0 aliphatic carbocycles. The Hall–Kier alpha value is -3.07. The lowest BCUT2D eigenvalue weighted by Gasteiger charge is -2.30. The van der Waals surface area contributed by atoms with Gasteiger partial charge >= 0.3 is 5.97 Å². The second kappa shape index (κ2) is 53.3. The molecular formula is C64H113N2O7P. The Kier molecular flexibility index (Phi) is 51.1. The summed E-state index contributed by atoms with van der Waals surface area (Å²) in [6, 6.07) is -0.917. The summed E-state index contributed by atoms with van der Waals surface area (Å²) in [5, 5.41) is 3.00. The predicted molar refractivity (Wildman–Crippen MR) is 316 cm³/mol. The highest BCUT2D eigenvalue weighted by molar-refractivity contribution is 7.45. The Morgan fingerprint density at radius 2 is 0.878 bits per heavy atom. The largest absolute Gasteiger partial charge is 0.756 e. The molecule has 0 saturated heterocycles. The second-order valence-electron chi connectivity index (χ2n) is 21.3. The first-order valence-electron chi connectivity index (χ1n) is 30.1. The van der Waals surface area contributed by atoms with E-state index in [1.807, 2.05) is 94.1 Å².